The van der Waals surface area contributed by atoms with Crippen LogP contribution in [0.1, 0.15) is 61.6 Å². The van der Waals surface area contributed by atoms with E-state index >= 15 is 0 Å². The van der Waals surface area contributed by atoms with Gasteiger partial charge < -0.3 is 5.32 Å². The average Bonchev–Trinajstić information content (AvgIpc) is 2.93. The maximum atomic E-state index is 12.6. The van der Waals surface area contributed by atoms with E-state index in [-0.39, 0.29) is 17.4 Å². The molecule has 1 unspecified atom stereocenters. The monoisotopic (exact) mass is 325 g/mol. The normalized spacial score (nSPS) is 21.3. The van der Waals surface area contributed by atoms with Crippen LogP contribution in [0.3, 0.4) is 0 Å². The fraction of sp³-hybridized carbons (Fsp3) is 0.474. The quantitative estimate of drug-likeness (QED) is 0.909. The van der Waals surface area contributed by atoms with E-state index in [1.54, 1.807) is 0 Å². The Morgan fingerprint density at radius 1 is 1.04 bits per heavy atom. The molecule has 1 amide bonds. The lowest BCUT2D eigenvalue weighted by Crippen LogP contribution is -2.28. The molecule has 0 saturated heterocycles. The molecule has 2 aliphatic rings. The molecule has 1 aliphatic heterocycles. The predicted octanol–water partition coefficient (Wildman–Crippen LogP) is 3.35. The van der Waals surface area contributed by atoms with Gasteiger partial charge in [0.05, 0.1) is 11.6 Å². The van der Waals surface area contributed by atoms with Gasteiger partial charge in [-0.2, -0.15) is 0 Å². The molecule has 1 atom stereocenters. The standard InChI is InChI=1S/C19H23N3O2/c23-16-12-14(11-13-7-3-1-4-8-13)17-18(20-16)22(21-19(17)24)15-9-5-2-6-10-15/h1,3-4,7-8,14-15H,2,5-6,9-12H2,(H,20,23)(H,21,24). The molecule has 2 heterocycles. The van der Waals surface area contributed by atoms with E-state index in [1.807, 2.05) is 22.9 Å². The van der Waals surface area contributed by atoms with E-state index in [0.717, 1.165) is 30.4 Å². The fourth-order valence-corrected chi connectivity index (χ4v) is 4.16. The minimum Gasteiger partial charge on any atom is -0.311 e. The summed E-state index contributed by atoms with van der Waals surface area (Å²) in [4.78, 5) is 24.8. The van der Waals surface area contributed by atoms with Gasteiger partial charge in [-0.15, -0.1) is 0 Å². The molecule has 1 aromatic heterocycles. The third-order valence-electron chi connectivity index (χ3n) is 5.33. The molecule has 0 spiro atoms. The minimum absolute atomic E-state index is 0.00647. The maximum Gasteiger partial charge on any atom is 0.269 e. The van der Waals surface area contributed by atoms with Gasteiger partial charge in [-0.25, -0.2) is 0 Å². The molecular formula is C19H23N3O2. The Hall–Kier alpha value is -2.30. The van der Waals surface area contributed by atoms with Crippen molar-refractivity contribution in [2.24, 2.45) is 0 Å². The van der Waals surface area contributed by atoms with E-state index in [1.165, 1.54) is 19.3 Å². The first kappa shape index (κ1) is 15.2. The summed E-state index contributed by atoms with van der Waals surface area (Å²) in [5, 5.41) is 5.96. The van der Waals surface area contributed by atoms with E-state index in [0.29, 0.717) is 18.3 Å². The molecule has 2 aromatic rings. The topological polar surface area (TPSA) is 66.9 Å². The number of carbonyl (C=O) groups excluding carboxylic acids is 1. The third kappa shape index (κ3) is 2.79. The lowest BCUT2D eigenvalue weighted by molar-refractivity contribution is -0.116. The number of hydrogen-bond acceptors (Lipinski definition) is 2. The van der Waals surface area contributed by atoms with Gasteiger partial charge in [0, 0.05) is 12.3 Å². The zero-order valence-corrected chi connectivity index (χ0v) is 13.8. The van der Waals surface area contributed by atoms with Crippen molar-refractivity contribution in [3.8, 4) is 0 Å². The van der Waals surface area contributed by atoms with Gasteiger partial charge in [0.25, 0.3) is 5.56 Å². The number of carbonyl (C=O) groups is 1. The number of nitrogens with one attached hydrogen (secondary N) is 2. The van der Waals surface area contributed by atoms with Crippen LogP contribution < -0.4 is 10.9 Å². The van der Waals surface area contributed by atoms with Crippen LogP contribution in [0.15, 0.2) is 35.1 Å². The van der Waals surface area contributed by atoms with Crippen LogP contribution in [-0.2, 0) is 11.2 Å². The highest BCUT2D eigenvalue weighted by molar-refractivity contribution is 5.93. The zero-order chi connectivity index (χ0) is 16.5. The number of aromatic amines is 1. The number of amides is 1. The smallest absolute Gasteiger partial charge is 0.269 e. The Balaban J connectivity index is 1.70. The number of nitrogens with zero attached hydrogens (tertiary/aromatic N) is 1. The molecule has 1 saturated carbocycles. The Morgan fingerprint density at radius 2 is 1.79 bits per heavy atom. The average molecular weight is 325 g/mol. The van der Waals surface area contributed by atoms with Crippen LogP contribution >= 0.6 is 0 Å². The van der Waals surface area contributed by atoms with Crippen molar-refractivity contribution in [1.82, 2.24) is 9.78 Å². The van der Waals surface area contributed by atoms with Crippen molar-refractivity contribution < 1.29 is 4.79 Å². The summed E-state index contributed by atoms with van der Waals surface area (Å²) >= 11 is 0. The number of hydrogen-bond donors (Lipinski definition) is 2. The van der Waals surface area contributed by atoms with Gasteiger partial charge in [0.2, 0.25) is 5.91 Å². The van der Waals surface area contributed by atoms with Crippen LogP contribution in [0.5, 0.6) is 0 Å². The summed E-state index contributed by atoms with van der Waals surface area (Å²) in [6.45, 7) is 0. The van der Waals surface area contributed by atoms with Crippen molar-refractivity contribution >= 4 is 11.7 Å². The number of benzene rings is 1. The first-order valence-corrected chi connectivity index (χ1v) is 8.90. The summed E-state index contributed by atoms with van der Waals surface area (Å²) in [7, 11) is 0. The summed E-state index contributed by atoms with van der Waals surface area (Å²) in [5.41, 5.74) is 1.87. The molecule has 126 valence electrons. The predicted molar refractivity (Wildman–Crippen MR) is 93.3 cm³/mol. The fourth-order valence-electron chi connectivity index (χ4n) is 4.16. The number of aromatic nitrogens is 2. The van der Waals surface area contributed by atoms with Gasteiger partial charge in [0.15, 0.2) is 0 Å². The van der Waals surface area contributed by atoms with Crippen LogP contribution in [0.2, 0.25) is 0 Å². The summed E-state index contributed by atoms with van der Waals surface area (Å²) in [6, 6.07) is 10.4. The lowest BCUT2D eigenvalue weighted by Gasteiger charge is -2.28. The summed E-state index contributed by atoms with van der Waals surface area (Å²) < 4.78 is 1.94. The Kier molecular flexibility index (Phi) is 4.00. The molecule has 0 radical (unpaired) electrons. The first-order chi connectivity index (χ1) is 11.7. The van der Waals surface area contributed by atoms with E-state index in [9.17, 15) is 9.59 Å². The van der Waals surface area contributed by atoms with Gasteiger partial charge >= 0.3 is 0 Å². The molecule has 1 aliphatic carbocycles. The number of fused-ring (bicyclic) bond motifs is 1. The molecule has 2 N–H and O–H groups in total. The largest absolute Gasteiger partial charge is 0.311 e. The minimum atomic E-state index is -0.0512. The van der Waals surface area contributed by atoms with Crippen LogP contribution in [0.4, 0.5) is 5.82 Å². The number of rotatable bonds is 3. The van der Waals surface area contributed by atoms with Crippen LogP contribution in [-0.4, -0.2) is 15.7 Å². The molecule has 1 fully saturated rings. The Morgan fingerprint density at radius 3 is 2.54 bits per heavy atom. The highest BCUT2D eigenvalue weighted by Crippen LogP contribution is 2.36. The van der Waals surface area contributed by atoms with Crippen molar-refractivity contribution in [3.05, 3.63) is 51.8 Å². The van der Waals surface area contributed by atoms with Gasteiger partial charge in [-0.1, -0.05) is 49.6 Å². The lowest BCUT2D eigenvalue weighted by atomic mass is 9.87. The molecule has 4 rings (SSSR count). The molecule has 1 aromatic carbocycles. The first-order valence-electron chi connectivity index (χ1n) is 8.90. The Labute approximate surface area is 141 Å². The summed E-state index contributed by atoms with van der Waals surface area (Å²) in [6.07, 6.45) is 6.85. The summed E-state index contributed by atoms with van der Waals surface area (Å²) in [5.74, 6) is 0.667. The third-order valence-corrected chi connectivity index (χ3v) is 5.33. The van der Waals surface area contributed by atoms with E-state index in [2.05, 4.69) is 22.5 Å². The highest BCUT2D eigenvalue weighted by atomic mass is 16.2. The van der Waals surface area contributed by atoms with Crippen molar-refractivity contribution in [2.75, 3.05) is 5.32 Å². The zero-order valence-electron chi connectivity index (χ0n) is 13.8. The van der Waals surface area contributed by atoms with Gasteiger partial charge in [-0.3, -0.25) is 19.4 Å². The van der Waals surface area contributed by atoms with E-state index in [4.69, 9.17) is 0 Å². The molecule has 5 nitrogen and oxygen atoms in total. The van der Waals surface area contributed by atoms with Gasteiger partial charge in [0.1, 0.15) is 5.82 Å². The molecule has 0 bridgehead atoms. The van der Waals surface area contributed by atoms with E-state index < -0.39 is 0 Å². The van der Waals surface area contributed by atoms with Crippen LogP contribution in [0, 0.1) is 0 Å². The molecule has 5 heteroatoms. The SMILES string of the molecule is O=C1CC(Cc2ccccc2)c2c(n(C3CCCCC3)[nH]c2=O)N1. The second-order valence-corrected chi connectivity index (χ2v) is 7.00. The second-order valence-electron chi connectivity index (χ2n) is 7.00. The maximum absolute atomic E-state index is 12.6. The molecule has 24 heavy (non-hydrogen) atoms. The van der Waals surface area contributed by atoms with Crippen LogP contribution in [0.25, 0.3) is 0 Å². The van der Waals surface area contributed by atoms with Crippen molar-refractivity contribution in [2.45, 2.75) is 56.9 Å². The highest BCUT2D eigenvalue weighted by Gasteiger charge is 2.33. The second kappa shape index (κ2) is 6.30. The molecular weight excluding hydrogens is 302 g/mol. The number of H-pyrrole nitrogens is 1. The number of anilines is 1. The van der Waals surface area contributed by atoms with Crippen molar-refractivity contribution in [1.29, 1.82) is 0 Å². The van der Waals surface area contributed by atoms with Gasteiger partial charge in [-0.05, 0) is 24.8 Å². The van der Waals surface area contributed by atoms with Crippen molar-refractivity contribution in [3.63, 3.8) is 0 Å². The Bertz CT molecular complexity index is 785.